The summed E-state index contributed by atoms with van der Waals surface area (Å²) in [5.41, 5.74) is -1.34. The molecule has 0 aliphatic heterocycles. The van der Waals surface area contributed by atoms with Crippen molar-refractivity contribution >= 4 is 16.8 Å². The van der Waals surface area contributed by atoms with Crippen molar-refractivity contribution < 1.29 is 23.1 Å². The van der Waals surface area contributed by atoms with E-state index in [-0.39, 0.29) is 35.4 Å². The highest BCUT2D eigenvalue weighted by Crippen LogP contribution is 2.35. The Bertz CT molecular complexity index is 1070. The molecule has 0 fully saturated rings. The van der Waals surface area contributed by atoms with Crippen molar-refractivity contribution in [2.24, 2.45) is 7.05 Å². The number of amides is 1. The Morgan fingerprint density at radius 2 is 2.04 bits per heavy atom. The van der Waals surface area contributed by atoms with Crippen LogP contribution in [0.4, 0.5) is 13.2 Å². The standard InChI is InChI=1S/C17H15F3N4O3/c1-24-8-9(15(26)21-2-3-25)4-12(16(24)27)11-5-10(17(18,19)20)6-14-13(11)7-22-23-14/h4-8,25H,2-3H2,1H3,(H,21,26)(H,22,23). The van der Waals surface area contributed by atoms with E-state index in [1.54, 1.807) is 0 Å². The number of H-pyrrole nitrogens is 1. The van der Waals surface area contributed by atoms with Gasteiger partial charge in [0.05, 0.1) is 29.4 Å². The number of carbonyl (C=O) groups is 1. The molecule has 142 valence electrons. The van der Waals surface area contributed by atoms with Crippen LogP contribution in [0.15, 0.2) is 35.4 Å². The summed E-state index contributed by atoms with van der Waals surface area (Å²) in [6.45, 7) is -0.264. The Morgan fingerprint density at radius 1 is 1.30 bits per heavy atom. The molecule has 0 unspecified atom stereocenters. The number of aliphatic hydroxyl groups is 1. The van der Waals surface area contributed by atoms with Crippen LogP contribution in [-0.2, 0) is 13.2 Å². The lowest BCUT2D eigenvalue weighted by Gasteiger charge is -2.12. The van der Waals surface area contributed by atoms with Gasteiger partial charge in [-0.15, -0.1) is 0 Å². The number of nitrogens with one attached hydrogen (secondary N) is 2. The number of halogens is 3. The summed E-state index contributed by atoms with van der Waals surface area (Å²) in [6.07, 6.45) is -2.02. The van der Waals surface area contributed by atoms with E-state index in [0.29, 0.717) is 5.39 Å². The van der Waals surface area contributed by atoms with Gasteiger partial charge in [0.15, 0.2) is 0 Å². The fraction of sp³-hybridized carbons (Fsp3) is 0.235. The van der Waals surface area contributed by atoms with Gasteiger partial charge >= 0.3 is 6.18 Å². The largest absolute Gasteiger partial charge is 0.416 e. The van der Waals surface area contributed by atoms with Gasteiger partial charge in [-0.1, -0.05) is 0 Å². The van der Waals surface area contributed by atoms with Gasteiger partial charge < -0.3 is 15.0 Å². The predicted molar refractivity (Wildman–Crippen MR) is 91.2 cm³/mol. The number of aromatic amines is 1. The molecule has 0 atom stereocenters. The van der Waals surface area contributed by atoms with Crippen LogP contribution in [0.2, 0.25) is 0 Å². The molecule has 2 heterocycles. The molecule has 2 aromatic heterocycles. The smallest absolute Gasteiger partial charge is 0.395 e. The average Bonchev–Trinajstić information content (AvgIpc) is 3.09. The SMILES string of the molecule is Cn1cc(C(=O)NCCO)cc(-c2cc(C(F)(F)F)cc3[nH]ncc23)c1=O. The first-order valence-corrected chi connectivity index (χ1v) is 7.87. The number of nitrogens with zero attached hydrogens (tertiary/aromatic N) is 2. The van der Waals surface area contributed by atoms with Gasteiger partial charge in [0.1, 0.15) is 0 Å². The van der Waals surface area contributed by atoms with E-state index >= 15 is 0 Å². The Morgan fingerprint density at radius 3 is 2.70 bits per heavy atom. The second-order valence-electron chi connectivity index (χ2n) is 5.89. The van der Waals surface area contributed by atoms with Crippen molar-refractivity contribution in [3.8, 4) is 11.1 Å². The minimum atomic E-state index is -4.62. The molecular formula is C17H15F3N4O3. The molecule has 0 spiro atoms. The average molecular weight is 380 g/mol. The van der Waals surface area contributed by atoms with Crippen LogP contribution in [0, 0.1) is 0 Å². The monoisotopic (exact) mass is 380 g/mol. The topological polar surface area (TPSA) is 100 Å². The molecule has 0 bridgehead atoms. The minimum Gasteiger partial charge on any atom is -0.395 e. The van der Waals surface area contributed by atoms with Gasteiger partial charge in [0.25, 0.3) is 11.5 Å². The van der Waals surface area contributed by atoms with Crippen LogP contribution in [0.25, 0.3) is 22.0 Å². The molecule has 0 saturated carbocycles. The molecule has 0 saturated heterocycles. The van der Waals surface area contributed by atoms with E-state index in [4.69, 9.17) is 5.11 Å². The normalized spacial score (nSPS) is 11.7. The van der Waals surface area contributed by atoms with Crippen LogP contribution in [0.5, 0.6) is 0 Å². The van der Waals surface area contributed by atoms with Gasteiger partial charge in [-0.3, -0.25) is 14.7 Å². The zero-order chi connectivity index (χ0) is 19.8. The lowest BCUT2D eigenvalue weighted by Crippen LogP contribution is -2.29. The Kier molecular flexibility index (Phi) is 4.75. The first-order chi connectivity index (χ1) is 12.7. The number of rotatable bonds is 4. The third-order valence-electron chi connectivity index (χ3n) is 4.02. The van der Waals surface area contributed by atoms with Crippen molar-refractivity contribution in [2.75, 3.05) is 13.2 Å². The molecule has 3 aromatic rings. The Labute approximate surface area is 150 Å². The van der Waals surface area contributed by atoms with Crippen LogP contribution >= 0.6 is 0 Å². The highest BCUT2D eigenvalue weighted by atomic mass is 19.4. The molecule has 3 N–H and O–H groups in total. The van der Waals surface area contributed by atoms with Gasteiger partial charge in [-0.05, 0) is 23.8 Å². The first-order valence-electron chi connectivity index (χ1n) is 7.87. The van der Waals surface area contributed by atoms with Crippen molar-refractivity contribution in [1.29, 1.82) is 0 Å². The van der Waals surface area contributed by atoms with Gasteiger partial charge in [-0.25, -0.2) is 0 Å². The summed E-state index contributed by atoms with van der Waals surface area (Å²) >= 11 is 0. The quantitative estimate of drug-likeness (QED) is 0.641. The number of carbonyl (C=O) groups excluding carboxylic acids is 1. The summed E-state index contributed by atoms with van der Waals surface area (Å²) in [6, 6.07) is 3.01. The predicted octanol–water partition coefficient (Wildman–Crippen LogP) is 1.67. The number of aliphatic hydroxyl groups excluding tert-OH is 1. The molecule has 1 amide bonds. The van der Waals surface area contributed by atoms with Crippen molar-refractivity contribution in [3.63, 3.8) is 0 Å². The number of benzene rings is 1. The summed E-state index contributed by atoms with van der Waals surface area (Å²) in [7, 11) is 1.40. The van der Waals surface area contributed by atoms with E-state index in [2.05, 4.69) is 15.5 Å². The summed E-state index contributed by atoms with van der Waals surface area (Å²) in [5, 5.41) is 17.8. The molecule has 7 nitrogen and oxygen atoms in total. The third kappa shape index (κ3) is 3.56. The van der Waals surface area contributed by atoms with Crippen molar-refractivity contribution in [3.05, 3.63) is 52.1 Å². The Balaban J connectivity index is 2.24. The van der Waals surface area contributed by atoms with E-state index in [9.17, 15) is 22.8 Å². The van der Waals surface area contributed by atoms with Gasteiger partial charge in [0.2, 0.25) is 0 Å². The second-order valence-corrected chi connectivity index (χ2v) is 5.89. The summed E-state index contributed by atoms with van der Waals surface area (Å²) in [4.78, 5) is 24.7. The molecule has 0 aliphatic rings. The molecule has 3 rings (SSSR count). The van der Waals surface area contributed by atoms with Gasteiger partial charge in [0, 0.05) is 30.7 Å². The lowest BCUT2D eigenvalue weighted by atomic mass is 9.98. The van der Waals surface area contributed by atoms with E-state index < -0.39 is 23.2 Å². The zero-order valence-electron chi connectivity index (χ0n) is 14.1. The first kappa shape index (κ1) is 18.6. The Hall–Kier alpha value is -3.14. The molecule has 27 heavy (non-hydrogen) atoms. The van der Waals surface area contributed by atoms with E-state index in [1.165, 1.54) is 25.5 Å². The number of hydrogen-bond acceptors (Lipinski definition) is 4. The van der Waals surface area contributed by atoms with Crippen LogP contribution < -0.4 is 10.9 Å². The maximum absolute atomic E-state index is 13.2. The van der Waals surface area contributed by atoms with E-state index in [0.717, 1.165) is 16.7 Å². The summed E-state index contributed by atoms with van der Waals surface area (Å²) in [5.74, 6) is -0.559. The van der Waals surface area contributed by atoms with Crippen LogP contribution in [0.1, 0.15) is 15.9 Å². The van der Waals surface area contributed by atoms with Crippen molar-refractivity contribution in [2.45, 2.75) is 6.18 Å². The fourth-order valence-corrected chi connectivity index (χ4v) is 2.74. The molecule has 1 aromatic carbocycles. The molecule has 0 aliphatic carbocycles. The number of aryl methyl sites for hydroxylation is 1. The van der Waals surface area contributed by atoms with E-state index in [1.807, 2.05) is 0 Å². The number of hydrogen-bond donors (Lipinski definition) is 3. The third-order valence-corrected chi connectivity index (χ3v) is 4.02. The number of alkyl halides is 3. The number of aromatic nitrogens is 3. The number of pyridine rings is 1. The molecule has 0 radical (unpaired) electrons. The highest BCUT2D eigenvalue weighted by Gasteiger charge is 2.32. The van der Waals surface area contributed by atoms with Crippen LogP contribution in [0.3, 0.4) is 0 Å². The second kappa shape index (κ2) is 6.88. The number of fused-ring (bicyclic) bond motifs is 1. The highest BCUT2D eigenvalue weighted by molar-refractivity contribution is 5.98. The fourth-order valence-electron chi connectivity index (χ4n) is 2.74. The lowest BCUT2D eigenvalue weighted by molar-refractivity contribution is -0.137. The van der Waals surface area contributed by atoms with Crippen LogP contribution in [-0.4, -0.2) is 38.9 Å². The molecular weight excluding hydrogens is 365 g/mol. The maximum atomic E-state index is 13.2. The summed E-state index contributed by atoms with van der Waals surface area (Å²) < 4.78 is 40.8. The zero-order valence-corrected chi connectivity index (χ0v) is 14.1. The maximum Gasteiger partial charge on any atom is 0.416 e. The van der Waals surface area contributed by atoms with Crippen molar-refractivity contribution in [1.82, 2.24) is 20.1 Å². The van der Waals surface area contributed by atoms with Gasteiger partial charge in [-0.2, -0.15) is 18.3 Å². The minimum absolute atomic E-state index is 0.00649. The molecule has 10 heteroatoms.